The van der Waals surface area contributed by atoms with Crippen LogP contribution in [0.15, 0.2) is 0 Å². The second-order valence-electron chi connectivity index (χ2n) is 5.97. The Bertz CT molecular complexity index is 320. The first-order valence-electron chi connectivity index (χ1n) is 7.59. The maximum absolute atomic E-state index is 12.4. The van der Waals surface area contributed by atoms with Gasteiger partial charge < -0.3 is 4.90 Å². The number of carbonyl (C=O) groups is 1. The van der Waals surface area contributed by atoms with Crippen molar-refractivity contribution in [1.82, 2.24) is 15.1 Å². The summed E-state index contributed by atoms with van der Waals surface area (Å²) in [6, 6.07) is 1.21. The molecule has 4 nitrogen and oxygen atoms in total. The lowest BCUT2D eigenvalue weighted by atomic mass is 9.98. The van der Waals surface area contributed by atoms with E-state index in [4.69, 9.17) is 0 Å². The fourth-order valence-corrected chi connectivity index (χ4v) is 3.95. The molecule has 102 valence electrons. The van der Waals surface area contributed by atoms with Gasteiger partial charge in [0.25, 0.3) is 0 Å². The summed E-state index contributed by atoms with van der Waals surface area (Å²) in [5, 5.41) is 3.39. The second kappa shape index (κ2) is 5.17. The van der Waals surface area contributed by atoms with Crippen LogP contribution in [0.25, 0.3) is 0 Å². The molecule has 3 fully saturated rings. The first kappa shape index (κ1) is 12.4. The summed E-state index contributed by atoms with van der Waals surface area (Å²) >= 11 is 0. The molecule has 3 aliphatic heterocycles. The van der Waals surface area contributed by atoms with Gasteiger partial charge in [-0.2, -0.15) is 0 Å². The Hall–Kier alpha value is -0.610. The highest BCUT2D eigenvalue weighted by Crippen LogP contribution is 2.31. The second-order valence-corrected chi connectivity index (χ2v) is 5.97. The summed E-state index contributed by atoms with van der Waals surface area (Å²) in [6.45, 7) is 5.36. The average molecular weight is 251 g/mol. The van der Waals surface area contributed by atoms with Gasteiger partial charge in [-0.3, -0.25) is 15.0 Å². The number of fused-ring (bicyclic) bond motifs is 1. The number of hydrogen-bond acceptors (Lipinski definition) is 3. The first-order valence-corrected chi connectivity index (χ1v) is 7.59. The third kappa shape index (κ3) is 2.05. The van der Waals surface area contributed by atoms with Gasteiger partial charge in [-0.1, -0.05) is 19.8 Å². The lowest BCUT2D eigenvalue weighted by molar-refractivity contribution is -0.131. The van der Waals surface area contributed by atoms with Gasteiger partial charge in [-0.25, -0.2) is 0 Å². The maximum atomic E-state index is 12.4. The van der Waals surface area contributed by atoms with E-state index in [2.05, 4.69) is 22.0 Å². The quantitative estimate of drug-likeness (QED) is 0.818. The lowest BCUT2D eigenvalue weighted by Gasteiger charge is -2.35. The van der Waals surface area contributed by atoms with Crippen LogP contribution in [0.2, 0.25) is 0 Å². The summed E-state index contributed by atoms with van der Waals surface area (Å²) in [5.41, 5.74) is 0. The molecule has 1 amide bonds. The fourth-order valence-electron chi connectivity index (χ4n) is 3.95. The van der Waals surface area contributed by atoms with E-state index in [1.807, 2.05) is 0 Å². The molecular weight excluding hydrogens is 226 g/mol. The van der Waals surface area contributed by atoms with Gasteiger partial charge in [-0.15, -0.1) is 0 Å². The number of rotatable bonds is 3. The average Bonchev–Trinajstić information content (AvgIpc) is 2.95. The van der Waals surface area contributed by atoms with Crippen LogP contribution in [0, 0.1) is 0 Å². The molecule has 0 aliphatic carbocycles. The highest BCUT2D eigenvalue weighted by atomic mass is 16.2. The minimum Gasteiger partial charge on any atom is -0.324 e. The van der Waals surface area contributed by atoms with Gasteiger partial charge in [0.1, 0.15) is 0 Å². The number of hydrogen-bond donors (Lipinski definition) is 1. The minimum absolute atomic E-state index is 0.0904. The molecule has 4 heteroatoms. The smallest absolute Gasteiger partial charge is 0.241 e. The van der Waals surface area contributed by atoms with E-state index < -0.39 is 0 Å². The van der Waals surface area contributed by atoms with E-state index in [0.717, 1.165) is 19.5 Å². The molecule has 1 N–H and O–H groups in total. The molecule has 0 bridgehead atoms. The third-order valence-corrected chi connectivity index (χ3v) is 4.89. The summed E-state index contributed by atoms with van der Waals surface area (Å²) in [7, 11) is 0. The molecule has 3 heterocycles. The van der Waals surface area contributed by atoms with E-state index in [-0.39, 0.29) is 6.04 Å². The van der Waals surface area contributed by atoms with E-state index in [1.165, 1.54) is 38.8 Å². The summed E-state index contributed by atoms with van der Waals surface area (Å²) < 4.78 is 0. The van der Waals surface area contributed by atoms with Crippen LogP contribution >= 0.6 is 0 Å². The van der Waals surface area contributed by atoms with Crippen molar-refractivity contribution >= 4 is 5.91 Å². The van der Waals surface area contributed by atoms with Crippen LogP contribution in [0.4, 0.5) is 0 Å². The number of nitrogens with zero attached hydrogens (tertiary/aromatic N) is 2. The molecule has 0 aromatic rings. The number of nitrogens with one attached hydrogen (secondary N) is 1. The van der Waals surface area contributed by atoms with Gasteiger partial charge in [0.2, 0.25) is 5.91 Å². The lowest BCUT2D eigenvalue weighted by Crippen LogP contribution is -2.48. The zero-order chi connectivity index (χ0) is 12.5. The Kier molecular flexibility index (Phi) is 3.57. The molecule has 0 saturated carbocycles. The zero-order valence-electron chi connectivity index (χ0n) is 11.4. The van der Waals surface area contributed by atoms with Crippen molar-refractivity contribution in [2.45, 2.75) is 63.6 Å². The van der Waals surface area contributed by atoms with E-state index in [9.17, 15) is 4.79 Å². The van der Waals surface area contributed by atoms with Gasteiger partial charge in [0, 0.05) is 18.6 Å². The molecule has 3 atom stereocenters. The molecule has 3 saturated heterocycles. The van der Waals surface area contributed by atoms with Crippen LogP contribution in [0.3, 0.4) is 0 Å². The van der Waals surface area contributed by atoms with Crippen LogP contribution in [0.1, 0.15) is 45.4 Å². The Morgan fingerprint density at radius 3 is 2.94 bits per heavy atom. The zero-order valence-corrected chi connectivity index (χ0v) is 11.4. The van der Waals surface area contributed by atoms with Crippen LogP contribution in [-0.4, -0.2) is 53.6 Å². The maximum Gasteiger partial charge on any atom is 0.241 e. The van der Waals surface area contributed by atoms with E-state index >= 15 is 0 Å². The Balaban J connectivity index is 1.66. The topological polar surface area (TPSA) is 35.6 Å². The SMILES string of the molecule is CCCC1NCN(C2CCN3CCCCC23)C1=O. The van der Waals surface area contributed by atoms with Crippen LogP contribution in [-0.2, 0) is 4.79 Å². The van der Waals surface area contributed by atoms with Crippen molar-refractivity contribution in [3.8, 4) is 0 Å². The molecule has 3 unspecified atom stereocenters. The van der Waals surface area contributed by atoms with Crippen molar-refractivity contribution < 1.29 is 4.79 Å². The van der Waals surface area contributed by atoms with Crippen molar-refractivity contribution in [3.05, 3.63) is 0 Å². The van der Waals surface area contributed by atoms with Gasteiger partial charge >= 0.3 is 0 Å². The number of amides is 1. The molecule has 0 aromatic heterocycles. The molecule has 0 radical (unpaired) electrons. The predicted molar refractivity (Wildman–Crippen MR) is 71.2 cm³/mol. The number of carbonyl (C=O) groups excluding carboxylic acids is 1. The highest BCUT2D eigenvalue weighted by molar-refractivity contribution is 5.84. The Morgan fingerprint density at radius 1 is 1.22 bits per heavy atom. The first-order chi connectivity index (χ1) is 8.81. The summed E-state index contributed by atoms with van der Waals surface area (Å²) in [4.78, 5) is 17.1. The number of piperidine rings is 1. The largest absolute Gasteiger partial charge is 0.324 e. The highest BCUT2D eigenvalue weighted by Gasteiger charge is 2.43. The predicted octanol–water partition coefficient (Wildman–Crippen LogP) is 1.17. The third-order valence-electron chi connectivity index (χ3n) is 4.89. The normalized spacial score (nSPS) is 37.3. The van der Waals surface area contributed by atoms with Crippen molar-refractivity contribution in [2.24, 2.45) is 0 Å². The summed E-state index contributed by atoms with van der Waals surface area (Å²) in [6.07, 6.45) is 7.21. The molecular formula is C14H25N3O. The van der Waals surface area contributed by atoms with Gasteiger partial charge in [-0.05, 0) is 32.2 Å². The van der Waals surface area contributed by atoms with Crippen molar-refractivity contribution in [2.75, 3.05) is 19.8 Å². The van der Waals surface area contributed by atoms with Crippen molar-refractivity contribution in [3.63, 3.8) is 0 Å². The van der Waals surface area contributed by atoms with E-state index in [1.54, 1.807) is 0 Å². The monoisotopic (exact) mass is 251 g/mol. The Labute approximate surface area is 110 Å². The van der Waals surface area contributed by atoms with Crippen LogP contribution < -0.4 is 5.32 Å². The molecule has 3 aliphatic rings. The minimum atomic E-state index is 0.0904. The molecule has 18 heavy (non-hydrogen) atoms. The molecule has 0 spiro atoms. The van der Waals surface area contributed by atoms with Crippen molar-refractivity contribution in [1.29, 1.82) is 0 Å². The molecule has 3 rings (SSSR count). The van der Waals surface area contributed by atoms with Gasteiger partial charge in [0.05, 0.1) is 12.7 Å². The fraction of sp³-hybridized carbons (Fsp3) is 0.929. The summed E-state index contributed by atoms with van der Waals surface area (Å²) in [5.74, 6) is 0.356. The standard InChI is InChI=1S/C14H25N3O/c1-2-5-11-14(18)17(10-15-11)13-7-9-16-8-4-3-6-12(13)16/h11-13,15H,2-10H2,1H3. The van der Waals surface area contributed by atoms with Gasteiger partial charge in [0.15, 0.2) is 0 Å². The van der Waals surface area contributed by atoms with Crippen LogP contribution in [0.5, 0.6) is 0 Å². The Morgan fingerprint density at radius 2 is 2.11 bits per heavy atom. The van der Waals surface area contributed by atoms with E-state index in [0.29, 0.717) is 18.0 Å². The molecule has 0 aromatic carbocycles.